The number of anilines is 1. The SMILES string of the molecule is O=C(CCCNc1ncccn1)NC[C@@H]1CCCO1. The molecule has 0 aromatic carbocycles. The maximum absolute atomic E-state index is 11.6. The first kappa shape index (κ1) is 13.7. The number of hydrogen-bond donors (Lipinski definition) is 2. The number of hydrogen-bond acceptors (Lipinski definition) is 5. The molecule has 1 fully saturated rings. The Bertz CT molecular complexity index is 379. The van der Waals surface area contributed by atoms with E-state index in [4.69, 9.17) is 4.74 Å². The van der Waals surface area contributed by atoms with Crippen LogP contribution in [0.15, 0.2) is 18.5 Å². The summed E-state index contributed by atoms with van der Waals surface area (Å²) in [6.45, 7) is 2.15. The highest BCUT2D eigenvalue weighted by Gasteiger charge is 2.15. The Balaban J connectivity index is 1.51. The van der Waals surface area contributed by atoms with Gasteiger partial charge in [-0.15, -0.1) is 0 Å². The van der Waals surface area contributed by atoms with Gasteiger partial charge in [0.2, 0.25) is 11.9 Å². The Morgan fingerprint density at radius 1 is 1.42 bits per heavy atom. The molecule has 19 heavy (non-hydrogen) atoms. The van der Waals surface area contributed by atoms with Crippen LogP contribution >= 0.6 is 0 Å². The monoisotopic (exact) mass is 264 g/mol. The fourth-order valence-corrected chi connectivity index (χ4v) is 1.96. The number of rotatable bonds is 7. The normalized spacial score (nSPS) is 18.2. The number of carbonyl (C=O) groups is 1. The van der Waals surface area contributed by atoms with E-state index in [0.717, 1.165) is 25.9 Å². The van der Waals surface area contributed by atoms with Crippen LogP contribution in [0.1, 0.15) is 25.7 Å². The Kier molecular flexibility index (Phi) is 5.55. The largest absolute Gasteiger partial charge is 0.376 e. The van der Waals surface area contributed by atoms with Crippen LogP contribution in [0.25, 0.3) is 0 Å². The topological polar surface area (TPSA) is 76.1 Å². The molecule has 104 valence electrons. The van der Waals surface area contributed by atoms with E-state index < -0.39 is 0 Å². The van der Waals surface area contributed by atoms with E-state index in [2.05, 4.69) is 20.6 Å². The van der Waals surface area contributed by atoms with E-state index in [1.807, 2.05) is 0 Å². The maximum atomic E-state index is 11.6. The third-order valence-corrected chi connectivity index (χ3v) is 2.98. The zero-order valence-electron chi connectivity index (χ0n) is 11.0. The van der Waals surface area contributed by atoms with Gasteiger partial charge in [-0.2, -0.15) is 0 Å². The first-order valence-corrected chi connectivity index (χ1v) is 6.74. The van der Waals surface area contributed by atoms with Gasteiger partial charge in [0.05, 0.1) is 6.10 Å². The van der Waals surface area contributed by atoms with Crippen LogP contribution in [0.2, 0.25) is 0 Å². The Labute approximate surface area is 113 Å². The second-order valence-electron chi connectivity index (χ2n) is 4.54. The minimum absolute atomic E-state index is 0.0753. The summed E-state index contributed by atoms with van der Waals surface area (Å²) in [4.78, 5) is 19.7. The summed E-state index contributed by atoms with van der Waals surface area (Å²) in [6, 6.07) is 1.77. The molecule has 2 rings (SSSR count). The molecular formula is C13H20N4O2. The van der Waals surface area contributed by atoms with Crippen LogP contribution < -0.4 is 10.6 Å². The van der Waals surface area contributed by atoms with Gasteiger partial charge in [0.25, 0.3) is 0 Å². The zero-order chi connectivity index (χ0) is 13.3. The van der Waals surface area contributed by atoms with Crippen LogP contribution in [0.3, 0.4) is 0 Å². The van der Waals surface area contributed by atoms with Crippen molar-refractivity contribution < 1.29 is 9.53 Å². The predicted octanol–water partition coefficient (Wildman–Crippen LogP) is 0.964. The molecule has 6 heteroatoms. The molecule has 2 N–H and O–H groups in total. The van der Waals surface area contributed by atoms with Gasteiger partial charge in [0, 0.05) is 38.5 Å². The summed E-state index contributed by atoms with van der Waals surface area (Å²) >= 11 is 0. The van der Waals surface area contributed by atoms with Gasteiger partial charge in [0.1, 0.15) is 0 Å². The summed E-state index contributed by atoms with van der Waals surface area (Å²) in [5, 5.41) is 5.97. The predicted molar refractivity (Wildman–Crippen MR) is 71.7 cm³/mol. The lowest BCUT2D eigenvalue weighted by Crippen LogP contribution is -2.31. The van der Waals surface area contributed by atoms with Crippen LogP contribution in [0, 0.1) is 0 Å². The number of nitrogens with one attached hydrogen (secondary N) is 2. The van der Waals surface area contributed by atoms with Crippen LogP contribution in [-0.2, 0) is 9.53 Å². The molecule has 1 aliphatic heterocycles. The van der Waals surface area contributed by atoms with E-state index in [1.54, 1.807) is 18.5 Å². The lowest BCUT2D eigenvalue weighted by atomic mass is 10.2. The molecule has 1 atom stereocenters. The van der Waals surface area contributed by atoms with Crippen molar-refractivity contribution in [3.05, 3.63) is 18.5 Å². The van der Waals surface area contributed by atoms with Gasteiger partial charge in [0.15, 0.2) is 0 Å². The summed E-state index contributed by atoms with van der Waals surface area (Å²) in [5.74, 6) is 0.675. The average molecular weight is 264 g/mol. The Morgan fingerprint density at radius 2 is 2.26 bits per heavy atom. The minimum Gasteiger partial charge on any atom is -0.376 e. The molecule has 2 heterocycles. The van der Waals surface area contributed by atoms with E-state index >= 15 is 0 Å². The lowest BCUT2D eigenvalue weighted by Gasteiger charge is -2.10. The maximum Gasteiger partial charge on any atom is 0.222 e. The fourth-order valence-electron chi connectivity index (χ4n) is 1.96. The number of amides is 1. The summed E-state index contributed by atoms with van der Waals surface area (Å²) < 4.78 is 5.44. The van der Waals surface area contributed by atoms with Gasteiger partial charge in [-0.25, -0.2) is 9.97 Å². The van der Waals surface area contributed by atoms with Crippen molar-refractivity contribution in [2.75, 3.05) is 25.0 Å². The van der Waals surface area contributed by atoms with Gasteiger partial charge >= 0.3 is 0 Å². The average Bonchev–Trinajstić information content (AvgIpc) is 2.96. The first-order chi connectivity index (χ1) is 9.34. The quantitative estimate of drug-likeness (QED) is 0.717. The number of aromatic nitrogens is 2. The van der Waals surface area contributed by atoms with Crippen molar-refractivity contribution in [3.63, 3.8) is 0 Å². The number of nitrogens with zero attached hydrogens (tertiary/aromatic N) is 2. The van der Waals surface area contributed by atoms with Gasteiger partial charge in [-0.3, -0.25) is 4.79 Å². The highest BCUT2D eigenvalue weighted by atomic mass is 16.5. The molecule has 0 radical (unpaired) electrons. The highest BCUT2D eigenvalue weighted by molar-refractivity contribution is 5.75. The summed E-state index contributed by atoms with van der Waals surface area (Å²) in [6.07, 6.45) is 6.99. The van der Waals surface area contributed by atoms with Crippen LogP contribution in [0.5, 0.6) is 0 Å². The molecule has 1 amide bonds. The summed E-state index contributed by atoms with van der Waals surface area (Å²) in [5.41, 5.74) is 0. The fraction of sp³-hybridized carbons (Fsp3) is 0.615. The van der Waals surface area contributed by atoms with Crippen molar-refractivity contribution in [3.8, 4) is 0 Å². The van der Waals surface area contributed by atoms with Gasteiger partial charge in [-0.1, -0.05) is 0 Å². The second-order valence-corrected chi connectivity index (χ2v) is 4.54. The number of carbonyl (C=O) groups excluding carboxylic acids is 1. The molecule has 1 aromatic rings. The minimum atomic E-state index is 0.0753. The van der Waals surface area contributed by atoms with Crippen molar-refractivity contribution in [1.82, 2.24) is 15.3 Å². The zero-order valence-corrected chi connectivity index (χ0v) is 11.0. The molecule has 0 aliphatic carbocycles. The van der Waals surface area contributed by atoms with E-state index in [1.165, 1.54) is 0 Å². The lowest BCUT2D eigenvalue weighted by molar-refractivity contribution is -0.121. The second kappa shape index (κ2) is 7.68. The Morgan fingerprint density at radius 3 is 3.00 bits per heavy atom. The van der Waals surface area contributed by atoms with Crippen molar-refractivity contribution in [1.29, 1.82) is 0 Å². The molecule has 0 unspecified atom stereocenters. The third-order valence-electron chi connectivity index (χ3n) is 2.98. The molecule has 1 saturated heterocycles. The van der Waals surface area contributed by atoms with E-state index in [-0.39, 0.29) is 12.0 Å². The molecule has 0 saturated carbocycles. The van der Waals surface area contributed by atoms with Gasteiger partial charge in [-0.05, 0) is 25.3 Å². The van der Waals surface area contributed by atoms with Crippen molar-refractivity contribution in [2.45, 2.75) is 31.8 Å². The van der Waals surface area contributed by atoms with Crippen molar-refractivity contribution >= 4 is 11.9 Å². The molecule has 0 bridgehead atoms. The van der Waals surface area contributed by atoms with E-state index in [9.17, 15) is 4.79 Å². The molecular weight excluding hydrogens is 244 g/mol. The van der Waals surface area contributed by atoms with Crippen molar-refractivity contribution in [2.24, 2.45) is 0 Å². The molecule has 1 aliphatic rings. The molecule has 1 aromatic heterocycles. The molecule has 6 nitrogen and oxygen atoms in total. The highest BCUT2D eigenvalue weighted by Crippen LogP contribution is 2.10. The Hall–Kier alpha value is -1.69. The van der Waals surface area contributed by atoms with Gasteiger partial charge < -0.3 is 15.4 Å². The first-order valence-electron chi connectivity index (χ1n) is 6.74. The third kappa shape index (κ3) is 5.21. The number of ether oxygens (including phenoxy) is 1. The van der Waals surface area contributed by atoms with Crippen LogP contribution in [0.4, 0.5) is 5.95 Å². The standard InChI is InChI=1S/C13H20N4O2/c18-12(17-10-11-4-2-9-19-11)5-1-6-14-13-15-7-3-8-16-13/h3,7-8,11H,1-2,4-6,9-10H2,(H,17,18)(H,14,15,16)/t11-/m0/s1. The smallest absolute Gasteiger partial charge is 0.222 e. The molecule has 0 spiro atoms. The summed E-state index contributed by atoms with van der Waals surface area (Å²) in [7, 11) is 0. The van der Waals surface area contributed by atoms with E-state index in [0.29, 0.717) is 25.5 Å². The van der Waals surface area contributed by atoms with Crippen LogP contribution in [-0.4, -0.2) is 41.7 Å².